The Kier molecular flexibility index (Phi) is 5.31. The fraction of sp³-hybridized carbons (Fsp3) is 0.579. The number of nitrogens with zero attached hydrogens (tertiary/aromatic N) is 1. The minimum atomic E-state index is -3.90. The summed E-state index contributed by atoms with van der Waals surface area (Å²) in [5.41, 5.74) is 0.0758. The number of benzene rings is 1. The summed E-state index contributed by atoms with van der Waals surface area (Å²) in [5.74, 6) is -0.963. The van der Waals surface area contributed by atoms with E-state index in [1.54, 1.807) is 0 Å². The molecule has 0 aromatic heterocycles. The van der Waals surface area contributed by atoms with Crippen molar-refractivity contribution >= 4 is 21.9 Å². The number of carbonyl (C=O) groups is 2. The van der Waals surface area contributed by atoms with Gasteiger partial charge in [0.2, 0.25) is 15.9 Å². The van der Waals surface area contributed by atoms with Crippen molar-refractivity contribution in [1.29, 1.82) is 0 Å². The van der Waals surface area contributed by atoms with E-state index in [1.165, 1.54) is 28.6 Å². The van der Waals surface area contributed by atoms with E-state index in [4.69, 9.17) is 0 Å². The number of hydrogen-bond donors (Lipinski definition) is 2. The van der Waals surface area contributed by atoms with Gasteiger partial charge in [0.05, 0.1) is 10.5 Å². The van der Waals surface area contributed by atoms with Gasteiger partial charge in [0.15, 0.2) is 0 Å². The van der Waals surface area contributed by atoms with Gasteiger partial charge in [0.1, 0.15) is 0 Å². The van der Waals surface area contributed by atoms with E-state index in [0.717, 1.165) is 6.42 Å². The summed E-state index contributed by atoms with van der Waals surface area (Å²) in [7, 11) is -3.90. The number of sulfonamides is 1. The van der Waals surface area contributed by atoms with Gasteiger partial charge in [0, 0.05) is 25.6 Å². The molecular weight excluding hydrogens is 368 g/mol. The van der Waals surface area contributed by atoms with Crippen LogP contribution in [0, 0.1) is 17.3 Å². The van der Waals surface area contributed by atoms with Crippen molar-refractivity contribution in [2.24, 2.45) is 17.3 Å². The predicted octanol–water partition coefficient (Wildman–Crippen LogP) is 1.95. The highest BCUT2D eigenvalue weighted by atomic mass is 32.2. The maximum Gasteiger partial charge on any atom is 0.337 e. The van der Waals surface area contributed by atoms with Crippen LogP contribution in [0.2, 0.25) is 0 Å². The van der Waals surface area contributed by atoms with E-state index in [2.05, 4.69) is 19.2 Å². The first-order valence-electron chi connectivity index (χ1n) is 9.23. The Morgan fingerprint density at radius 1 is 1.22 bits per heavy atom. The molecule has 0 radical (unpaired) electrons. The van der Waals surface area contributed by atoms with E-state index < -0.39 is 16.0 Å². The lowest BCUT2D eigenvalue weighted by molar-refractivity contribution is -0.126. The lowest BCUT2D eigenvalue weighted by atomic mass is 9.97. The number of hydrogen-bond acceptors (Lipinski definition) is 4. The predicted molar refractivity (Wildman–Crippen MR) is 99.8 cm³/mol. The highest BCUT2D eigenvalue weighted by molar-refractivity contribution is 7.89. The second kappa shape index (κ2) is 7.24. The number of nitrogens with one attached hydrogen (secondary N) is 1. The molecule has 1 unspecified atom stereocenters. The second-order valence-electron chi connectivity index (χ2n) is 8.11. The van der Waals surface area contributed by atoms with Crippen molar-refractivity contribution in [1.82, 2.24) is 9.62 Å². The van der Waals surface area contributed by atoms with Crippen molar-refractivity contribution in [3.8, 4) is 0 Å². The average molecular weight is 394 g/mol. The van der Waals surface area contributed by atoms with Gasteiger partial charge in [-0.15, -0.1) is 0 Å². The molecule has 2 aliphatic rings. The molecule has 1 aromatic rings. The third kappa shape index (κ3) is 4.16. The maximum absolute atomic E-state index is 12.8. The Balaban J connectivity index is 1.60. The van der Waals surface area contributed by atoms with Crippen LogP contribution in [-0.2, 0) is 14.8 Å². The molecular formula is C19H26N2O5S. The number of piperidine rings is 1. The van der Waals surface area contributed by atoms with E-state index in [1.807, 2.05) is 0 Å². The fourth-order valence-electron chi connectivity index (χ4n) is 3.66. The molecule has 3 rings (SSSR count). The maximum atomic E-state index is 12.8. The molecule has 1 heterocycles. The summed E-state index contributed by atoms with van der Waals surface area (Å²) in [6.07, 6.45) is 2.00. The fourth-order valence-corrected chi connectivity index (χ4v) is 5.31. The molecule has 0 spiro atoms. The van der Waals surface area contributed by atoms with Gasteiger partial charge in [0.25, 0.3) is 0 Å². The third-order valence-corrected chi connectivity index (χ3v) is 7.76. The minimum absolute atomic E-state index is 0.0133. The van der Waals surface area contributed by atoms with E-state index in [9.17, 15) is 23.1 Å². The first kappa shape index (κ1) is 19.8. The molecule has 8 heteroatoms. The second-order valence-corrected chi connectivity index (χ2v) is 10.0. The van der Waals surface area contributed by atoms with Crippen molar-refractivity contribution in [3.63, 3.8) is 0 Å². The normalized spacial score (nSPS) is 23.0. The first-order chi connectivity index (χ1) is 12.6. The number of carboxylic acid groups (broad SMARTS) is 1. The molecule has 0 bridgehead atoms. The summed E-state index contributed by atoms with van der Waals surface area (Å²) >= 11 is 0. The van der Waals surface area contributed by atoms with E-state index in [-0.39, 0.29) is 35.4 Å². The van der Waals surface area contributed by atoms with Crippen molar-refractivity contribution in [2.75, 3.05) is 19.6 Å². The Bertz CT molecular complexity index is 841. The highest BCUT2D eigenvalue weighted by Crippen LogP contribution is 2.51. The number of aromatic carboxylic acids is 1. The first-order valence-corrected chi connectivity index (χ1v) is 10.7. The molecule has 1 atom stereocenters. The van der Waals surface area contributed by atoms with Crippen LogP contribution in [0.25, 0.3) is 0 Å². The van der Waals surface area contributed by atoms with Crippen LogP contribution in [0.1, 0.15) is 43.5 Å². The summed E-state index contributed by atoms with van der Waals surface area (Å²) in [6, 6.07) is 5.61. The zero-order valence-electron chi connectivity index (χ0n) is 15.6. The zero-order valence-corrected chi connectivity index (χ0v) is 16.5. The molecule has 27 heavy (non-hydrogen) atoms. The zero-order chi connectivity index (χ0) is 19.8. The van der Waals surface area contributed by atoms with Gasteiger partial charge in [-0.25, -0.2) is 13.2 Å². The summed E-state index contributed by atoms with van der Waals surface area (Å²) in [5, 5.41) is 12.2. The van der Waals surface area contributed by atoms with Gasteiger partial charge in [-0.2, -0.15) is 4.31 Å². The van der Waals surface area contributed by atoms with E-state index in [0.29, 0.717) is 30.7 Å². The van der Waals surface area contributed by atoms with Gasteiger partial charge >= 0.3 is 5.97 Å². The van der Waals surface area contributed by atoms with Gasteiger partial charge in [-0.05, 0) is 42.7 Å². The molecule has 1 aliphatic carbocycles. The van der Waals surface area contributed by atoms with Crippen molar-refractivity contribution < 1.29 is 23.1 Å². The topological polar surface area (TPSA) is 104 Å². The Labute approximate surface area is 159 Å². The average Bonchev–Trinajstić information content (AvgIpc) is 3.26. The SMILES string of the molecule is CC1(C)CC1CNC(=O)C1CCN(S(=O)(=O)c2ccccc2C(=O)O)CC1. The smallest absolute Gasteiger partial charge is 0.337 e. The van der Waals surface area contributed by atoms with E-state index >= 15 is 0 Å². The number of carboxylic acids is 1. The minimum Gasteiger partial charge on any atom is -0.478 e. The van der Waals surface area contributed by atoms with Gasteiger partial charge in [-0.3, -0.25) is 4.79 Å². The van der Waals surface area contributed by atoms with Crippen LogP contribution in [0.15, 0.2) is 29.2 Å². The van der Waals surface area contributed by atoms with Crippen LogP contribution in [0.3, 0.4) is 0 Å². The van der Waals surface area contributed by atoms with Gasteiger partial charge < -0.3 is 10.4 Å². The van der Waals surface area contributed by atoms with Crippen LogP contribution in [0.5, 0.6) is 0 Å². The van der Waals surface area contributed by atoms with Crippen molar-refractivity contribution in [3.05, 3.63) is 29.8 Å². The molecule has 7 nitrogen and oxygen atoms in total. The lowest BCUT2D eigenvalue weighted by Crippen LogP contribution is -2.43. The van der Waals surface area contributed by atoms with Crippen LogP contribution in [0.4, 0.5) is 0 Å². The Hall–Kier alpha value is -1.93. The molecule has 2 fully saturated rings. The third-order valence-electron chi connectivity index (χ3n) is 5.80. The molecule has 148 valence electrons. The largest absolute Gasteiger partial charge is 0.478 e. The summed E-state index contributed by atoms with van der Waals surface area (Å²) < 4.78 is 27.0. The number of carbonyl (C=O) groups excluding carboxylic acids is 1. The van der Waals surface area contributed by atoms with Crippen LogP contribution >= 0.6 is 0 Å². The molecule has 1 saturated heterocycles. The summed E-state index contributed by atoms with van der Waals surface area (Å²) in [6.45, 7) is 5.47. The lowest BCUT2D eigenvalue weighted by Gasteiger charge is -2.31. The summed E-state index contributed by atoms with van der Waals surface area (Å²) in [4.78, 5) is 23.5. The monoisotopic (exact) mass is 394 g/mol. The standard InChI is InChI=1S/C19H26N2O5S/c1-19(2)11-14(19)12-20-17(22)13-7-9-21(10-8-13)27(25,26)16-6-4-3-5-15(16)18(23)24/h3-6,13-14H,7-12H2,1-2H3,(H,20,22)(H,23,24). The quantitative estimate of drug-likeness (QED) is 0.767. The Morgan fingerprint density at radius 3 is 2.37 bits per heavy atom. The Morgan fingerprint density at radius 2 is 1.81 bits per heavy atom. The van der Waals surface area contributed by atoms with Gasteiger partial charge in [-0.1, -0.05) is 26.0 Å². The molecule has 2 N–H and O–H groups in total. The highest BCUT2D eigenvalue weighted by Gasteiger charge is 2.45. The van der Waals surface area contributed by atoms with Crippen LogP contribution in [-0.4, -0.2) is 49.3 Å². The molecule has 1 aliphatic heterocycles. The number of rotatable bonds is 6. The molecule has 1 aromatic carbocycles. The molecule has 1 amide bonds. The van der Waals surface area contributed by atoms with Crippen molar-refractivity contribution in [2.45, 2.75) is 38.0 Å². The molecule has 1 saturated carbocycles. The van der Waals surface area contributed by atoms with Crippen LogP contribution < -0.4 is 5.32 Å². The number of amides is 1.